The van der Waals surface area contributed by atoms with Crippen LogP contribution in [0.3, 0.4) is 0 Å². The van der Waals surface area contributed by atoms with Crippen molar-refractivity contribution in [2.45, 2.75) is 25.3 Å². The molecule has 0 amide bonds. The Kier molecular flexibility index (Phi) is 2.45. The fourth-order valence-corrected chi connectivity index (χ4v) is 2.49. The second-order valence-corrected chi connectivity index (χ2v) is 5.17. The largest absolute Gasteiger partial charge is 0.337 e. The Labute approximate surface area is 115 Å². The summed E-state index contributed by atoms with van der Waals surface area (Å²) in [5, 5.41) is 4.96. The summed E-state index contributed by atoms with van der Waals surface area (Å²) in [7, 11) is 0. The van der Waals surface area contributed by atoms with Crippen LogP contribution in [-0.4, -0.2) is 21.0 Å². The number of nitrogens with zero attached hydrogens (tertiary/aromatic N) is 3. The van der Waals surface area contributed by atoms with E-state index < -0.39 is 0 Å². The van der Waals surface area contributed by atoms with Gasteiger partial charge < -0.3 is 9.09 Å². The average Bonchev–Trinajstić information content (AvgIpc) is 3.13. The van der Waals surface area contributed by atoms with Gasteiger partial charge in [-0.05, 0) is 18.9 Å². The van der Waals surface area contributed by atoms with Gasteiger partial charge >= 0.3 is 0 Å². The van der Waals surface area contributed by atoms with E-state index in [1.54, 1.807) is 0 Å². The van der Waals surface area contributed by atoms with E-state index in [4.69, 9.17) is 4.52 Å². The summed E-state index contributed by atoms with van der Waals surface area (Å²) in [4.78, 5) is 15.5. The summed E-state index contributed by atoms with van der Waals surface area (Å²) in [6, 6.07) is 7.81. The van der Waals surface area contributed by atoms with Crippen LogP contribution in [0, 0.1) is 0 Å². The van der Waals surface area contributed by atoms with Crippen molar-refractivity contribution in [1.29, 1.82) is 0 Å². The van der Waals surface area contributed by atoms with Gasteiger partial charge in [-0.1, -0.05) is 23.4 Å². The van der Waals surface area contributed by atoms with E-state index >= 15 is 0 Å². The molecular formula is C15H13N3O2. The highest BCUT2D eigenvalue weighted by Gasteiger charge is 2.28. The third kappa shape index (κ3) is 1.82. The third-order valence-electron chi connectivity index (χ3n) is 3.68. The van der Waals surface area contributed by atoms with Gasteiger partial charge in [0, 0.05) is 28.6 Å². The van der Waals surface area contributed by atoms with Crippen molar-refractivity contribution in [3.8, 4) is 0 Å². The number of carbonyl (C=O) groups is 1. The van der Waals surface area contributed by atoms with E-state index in [2.05, 4.69) is 10.1 Å². The number of para-hydroxylation sites is 1. The lowest BCUT2D eigenvalue weighted by molar-refractivity contribution is 0.112. The van der Waals surface area contributed by atoms with Gasteiger partial charge in [0.25, 0.3) is 0 Å². The van der Waals surface area contributed by atoms with Gasteiger partial charge in [0.2, 0.25) is 5.89 Å². The first-order chi connectivity index (χ1) is 9.85. The molecule has 1 aliphatic rings. The Morgan fingerprint density at radius 1 is 1.35 bits per heavy atom. The highest BCUT2D eigenvalue weighted by Crippen LogP contribution is 2.38. The molecule has 0 radical (unpaired) electrons. The number of aromatic nitrogens is 3. The van der Waals surface area contributed by atoms with Crippen LogP contribution in [0.15, 0.2) is 35.0 Å². The first kappa shape index (κ1) is 11.4. The smallest absolute Gasteiger partial charge is 0.246 e. The Balaban J connectivity index is 1.72. The number of aldehydes is 1. The minimum atomic E-state index is 0.486. The predicted molar refractivity (Wildman–Crippen MR) is 72.7 cm³/mol. The molecule has 1 aliphatic carbocycles. The van der Waals surface area contributed by atoms with Crippen LogP contribution in [0.25, 0.3) is 10.9 Å². The van der Waals surface area contributed by atoms with Crippen LogP contribution in [0.5, 0.6) is 0 Å². The molecule has 4 rings (SSSR count). The molecule has 5 heteroatoms. The van der Waals surface area contributed by atoms with Crippen molar-refractivity contribution in [1.82, 2.24) is 14.7 Å². The number of benzene rings is 1. The summed E-state index contributed by atoms with van der Waals surface area (Å²) in [6.45, 7) is 0.494. The molecule has 20 heavy (non-hydrogen) atoms. The van der Waals surface area contributed by atoms with Gasteiger partial charge in [0.15, 0.2) is 12.1 Å². The van der Waals surface area contributed by atoms with Crippen LogP contribution < -0.4 is 0 Å². The quantitative estimate of drug-likeness (QED) is 0.682. The van der Waals surface area contributed by atoms with Crippen LogP contribution in [-0.2, 0) is 6.54 Å². The number of hydrogen-bond acceptors (Lipinski definition) is 4. The second-order valence-electron chi connectivity index (χ2n) is 5.17. The molecule has 2 aromatic heterocycles. The summed E-state index contributed by atoms with van der Waals surface area (Å²) < 4.78 is 7.27. The van der Waals surface area contributed by atoms with E-state index in [1.807, 2.05) is 35.0 Å². The van der Waals surface area contributed by atoms with Crippen LogP contribution in [0.4, 0.5) is 0 Å². The van der Waals surface area contributed by atoms with Gasteiger partial charge in [0.1, 0.15) is 6.54 Å². The van der Waals surface area contributed by atoms with Crippen molar-refractivity contribution < 1.29 is 9.32 Å². The summed E-state index contributed by atoms with van der Waals surface area (Å²) in [6.07, 6.45) is 5.02. The zero-order chi connectivity index (χ0) is 13.5. The monoisotopic (exact) mass is 267 g/mol. The second kappa shape index (κ2) is 4.30. The lowest BCUT2D eigenvalue weighted by Crippen LogP contribution is -1.98. The molecular weight excluding hydrogens is 254 g/mol. The molecule has 0 spiro atoms. The van der Waals surface area contributed by atoms with E-state index in [0.717, 1.165) is 35.9 Å². The van der Waals surface area contributed by atoms with Crippen molar-refractivity contribution >= 4 is 17.2 Å². The van der Waals surface area contributed by atoms with Gasteiger partial charge in [0.05, 0.1) is 0 Å². The Hall–Kier alpha value is -2.43. The summed E-state index contributed by atoms with van der Waals surface area (Å²) >= 11 is 0. The van der Waals surface area contributed by atoms with E-state index in [0.29, 0.717) is 23.9 Å². The molecule has 0 atom stereocenters. The molecule has 0 unspecified atom stereocenters. The average molecular weight is 267 g/mol. The molecule has 3 aromatic rings. The molecule has 0 saturated heterocycles. The topological polar surface area (TPSA) is 60.9 Å². The van der Waals surface area contributed by atoms with Crippen molar-refractivity contribution in [3.63, 3.8) is 0 Å². The number of rotatable bonds is 4. The van der Waals surface area contributed by atoms with Crippen LogP contribution in [0.2, 0.25) is 0 Å². The maximum absolute atomic E-state index is 11.1. The van der Waals surface area contributed by atoms with Crippen molar-refractivity contribution in [2.24, 2.45) is 0 Å². The van der Waals surface area contributed by atoms with Gasteiger partial charge in [-0.15, -0.1) is 0 Å². The SMILES string of the molecule is O=Cc1cn(Cc2nc(C3CC3)no2)c2ccccc12. The van der Waals surface area contributed by atoms with E-state index in [-0.39, 0.29) is 0 Å². The molecule has 100 valence electrons. The summed E-state index contributed by atoms with van der Waals surface area (Å²) in [5.41, 5.74) is 1.68. The van der Waals surface area contributed by atoms with Gasteiger partial charge in [-0.2, -0.15) is 4.98 Å². The Morgan fingerprint density at radius 3 is 3.00 bits per heavy atom. The minimum Gasteiger partial charge on any atom is -0.337 e. The van der Waals surface area contributed by atoms with Crippen LogP contribution in [0.1, 0.15) is 40.8 Å². The van der Waals surface area contributed by atoms with E-state index in [9.17, 15) is 4.79 Å². The minimum absolute atomic E-state index is 0.486. The van der Waals surface area contributed by atoms with Gasteiger partial charge in [-0.3, -0.25) is 4.79 Å². The normalized spacial score (nSPS) is 14.8. The molecule has 0 N–H and O–H groups in total. The maximum atomic E-state index is 11.1. The zero-order valence-corrected chi connectivity index (χ0v) is 10.8. The molecule has 0 bridgehead atoms. The van der Waals surface area contributed by atoms with Crippen molar-refractivity contribution in [3.05, 3.63) is 47.7 Å². The zero-order valence-electron chi connectivity index (χ0n) is 10.8. The molecule has 5 nitrogen and oxygen atoms in total. The first-order valence-electron chi connectivity index (χ1n) is 6.70. The fraction of sp³-hybridized carbons (Fsp3) is 0.267. The van der Waals surface area contributed by atoms with Crippen LogP contribution >= 0.6 is 0 Å². The first-order valence-corrected chi connectivity index (χ1v) is 6.70. The number of fused-ring (bicyclic) bond motifs is 1. The molecule has 0 aliphatic heterocycles. The molecule has 2 heterocycles. The Bertz CT molecular complexity index is 783. The lowest BCUT2D eigenvalue weighted by atomic mass is 10.2. The highest BCUT2D eigenvalue weighted by molar-refractivity contribution is 5.97. The predicted octanol–water partition coefficient (Wildman–Crippen LogP) is 2.76. The number of hydrogen-bond donors (Lipinski definition) is 0. The molecule has 1 fully saturated rings. The molecule has 1 saturated carbocycles. The number of carbonyl (C=O) groups excluding carboxylic acids is 1. The third-order valence-corrected chi connectivity index (χ3v) is 3.68. The van der Waals surface area contributed by atoms with E-state index in [1.165, 1.54) is 0 Å². The Morgan fingerprint density at radius 2 is 2.20 bits per heavy atom. The fourth-order valence-electron chi connectivity index (χ4n) is 2.49. The maximum Gasteiger partial charge on any atom is 0.246 e. The highest BCUT2D eigenvalue weighted by atomic mass is 16.5. The van der Waals surface area contributed by atoms with Gasteiger partial charge in [-0.25, -0.2) is 0 Å². The van der Waals surface area contributed by atoms with Crippen molar-refractivity contribution in [2.75, 3.05) is 0 Å². The lowest BCUT2D eigenvalue weighted by Gasteiger charge is -2.00. The summed E-state index contributed by atoms with van der Waals surface area (Å²) in [5.74, 6) is 1.89. The standard InChI is InChI=1S/C15H13N3O2/c19-9-11-7-18(13-4-2-1-3-12(11)13)8-14-16-15(17-20-14)10-5-6-10/h1-4,7,9-10H,5-6,8H2. The molecule has 1 aromatic carbocycles.